The Morgan fingerprint density at radius 2 is 1.71 bits per heavy atom. The number of halogens is 2. The van der Waals surface area contributed by atoms with Crippen molar-refractivity contribution < 1.29 is 27.9 Å². The summed E-state index contributed by atoms with van der Waals surface area (Å²) in [5.74, 6) is -1.02. The van der Waals surface area contributed by atoms with E-state index in [1.54, 1.807) is 36.7 Å². The van der Waals surface area contributed by atoms with Crippen LogP contribution in [0.5, 0.6) is 5.75 Å². The number of carbonyl (C=O) groups is 3. The molecule has 3 aromatic rings. The molecule has 0 bridgehead atoms. The van der Waals surface area contributed by atoms with Crippen LogP contribution in [0, 0.1) is 0 Å². The number of ether oxygens (including phenoxy) is 1. The first-order valence-corrected chi connectivity index (χ1v) is 13.5. The third-order valence-corrected chi connectivity index (χ3v) is 8.09. The molecule has 3 amide bonds. The molecule has 0 spiro atoms. The lowest BCUT2D eigenvalue weighted by atomic mass is 10.2. The van der Waals surface area contributed by atoms with Crippen LogP contribution in [0.25, 0.3) is 0 Å². The standard InChI is InChI=1S/C25H28F2N6O4S/c1-17(34)30-15-14-29-16-22(35)33-38(2,20-9-12-28-13-10-20)24-21(4-3-11-31-24)23(36)32-18-5-7-19(8-6-18)37-25(26)27/h3-13,25,29H,14-16H2,1-2H3,(H,30,34)(H,32,36)(H,33,35). The van der Waals surface area contributed by atoms with Gasteiger partial charge in [0, 0.05) is 49.2 Å². The van der Waals surface area contributed by atoms with Crippen molar-refractivity contribution in [3.63, 3.8) is 0 Å². The van der Waals surface area contributed by atoms with Crippen LogP contribution in [-0.2, 0) is 9.59 Å². The number of pyridine rings is 2. The van der Waals surface area contributed by atoms with Crippen LogP contribution in [0.1, 0.15) is 17.3 Å². The van der Waals surface area contributed by atoms with Gasteiger partial charge in [0.05, 0.1) is 12.1 Å². The highest BCUT2D eigenvalue weighted by Gasteiger charge is 2.31. The summed E-state index contributed by atoms with van der Waals surface area (Å²) in [6.45, 7) is -0.795. The summed E-state index contributed by atoms with van der Waals surface area (Å²) >= 11 is 0. The topological polar surface area (TPSA) is 134 Å². The number of rotatable bonds is 12. The lowest BCUT2D eigenvalue weighted by Gasteiger charge is -2.37. The van der Waals surface area contributed by atoms with Crippen molar-refractivity contribution in [3.05, 3.63) is 72.7 Å². The van der Waals surface area contributed by atoms with Gasteiger partial charge in [-0.05, 0) is 54.8 Å². The zero-order valence-electron chi connectivity index (χ0n) is 20.7. The Kier molecular flexibility index (Phi) is 10.1. The molecule has 0 saturated carbocycles. The zero-order chi connectivity index (χ0) is 27.5. The van der Waals surface area contributed by atoms with Gasteiger partial charge in [-0.1, -0.05) is 10.2 Å². The van der Waals surface area contributed by atoms with Crippen molar-refractivity contribution in [2.24, 2.45) is 0 Å². The largest absolute Gasteiger partial charge is 0.435 e. The van der Waals surface area contributed by atoms with E-state index in [0.717, 1.165) is 4.90 Å². The molecular formula is C25H28F2N6O4S. The third kappa shape index (κ3) is 7.95. The van der Waals surface area contributed by atoms with Gasteiger partial charge < -0.3 is 25.4 Å². The summed E-state index contributed by atoms with van der Waals surface area (Å²) in [5.41, 5.74) is 0.591. The molecule has 3 rings (SSSR count). The quantitative estimate of drug-likeness (QED) is 0.257. The van der Waals surface area contributed by atoms with Gasteiger partial charge >= 0.3 is 6.61 Å². The minimum absolute atomic E-state index is 0.0192. The predicted octanol–water partition coefficient (Wildman–Crippen LogP) is 2.94. The van der Waals surface area contributed by atoms with Gasteiger partial charge in [-0.2, -0.15) is 8.78 Å². The summed E-state index contributed by atoms with van der Waals surface area (Å²) in [7, 11) is -2.36. The van der Waals surface area contributed by atoms with Gasteiger partial charge in [-0.3, -0.25) is 19.4 Å². The Labute approximate surface area is 220 Å². The Hall–Kier alpha value is -4.10. The molecule has 0 aliphatic rings. The molecule has 2 aromatic heterocycles. The van der Waals surface area contributed by atoms with Gasteiger partial charge in [0.1, 0.15) is 10.8 Å². The lowest BCUT2D eigenvalue weighted by molar-refractivity contribution is -0.119. The van der Waals surface area contributed by atoms with E-state index in [4.69, 9.17) is 0 Å². The Morgan fingerprint density at radius 1 is 1.00 bits per heavy atom. The van der Waals surface area contributed by atoms with Crippen molar-refractivity contribution in [2.45, 2.75) is 23.5 Å². The Morgan fingerprint density at radius 3 is 2.37 bits per heavy atom. The fourth-order valence-electron chi connectivity index (χ4n) is 3.43. The number of carbonyl (C=O) groups excluding carboxylic acids is 3. The minimum Gasteiger partial charge on any atom is -0.435 e. The van der Waals surface area contributed by atoms with Gasteiger partial charge in [0.15, 0.2) is 0 Å². The highest BCUT2D eigenvalue weighted by atomic mass is 32.3. The average molecular weight is 547 g/mol. The summed E-state index contributed by atoms with van der Waals surface area (Å²) in [4.78, 5) is 46.5. The van der Waals surface area contributed by atoms with Crippen molar-refractivity contribution in [2.75, 3.05) is 31.2 Å². The van der Waals surface area contributed by atoms with Crippen molar-refractivity contribution in [3.8, 4) is 5.75 Å². The summed E-state index contributed by atoms with van der Waals surface area (Å²) in [6, 6.07) is 12.2. The summed E-state index contributed by atoms with van der Waals surface area (Å²) in [6.07, 6.45) is 6.52. The fourth-order valence-corrected chi connectivity index (χ4v) is 5.93. The van der Waals surface area contributed by atoms with E-state index in [1.165, 1.54) is 37.4 Å². The second kappa shape index (κ2) is 13.4. The SMILES string of the molecule is CC(=O)NCCNCC(=O)NS(C)(c1ccncc1)c1ncccc1C(=O)Nc1ccc(OC(F)F)cc1. The van der Waals surface area contributed by atoms with Crippen molar-refractivity contribution in [1.82, 2.24) is 25.3 Å². The van der Waals surface area contributed by atoms with E-state index in [-0.39, 0.29) is 29.7 Å². The monoisotopic (exact) mass is 546 g/mol. The molecular weight excluding hydrogens is 518 g/mol. The van der Waals surface area contributed by atoms with Crippen LogP contribution in [-0.4, -0.2) is 60.2 Å². The molecule has 202 valence electrons. The molecule has 4 N–H and O–H groups in total. The van der Waals surface area contributed by atoms with Gasteiger partial charge in [0.25, 0.3) is 5.91 Å². The molecule has 0 aliphatic carbocycles. The highest BCUT2D eigenvalue weighted by molar-refractivity contribution is 8.32. The van der Waals surface area contributed by atoms with Gasteiger partial charge in [-0.15, -0.1) is 0 Å². The summed E-state index contributed by atoms with van der Waals surface area (Å²) in [5, 5.41) is 8.71. The van der Waals surface area contributed by atoms with E-state index >= 15 is 0 Å². The lowest BCUT2D eigenvalue weighted by Crippen LogP contribution is -2.39. The molecule has 38 heavy (non-hydrogen) atoms. The maximum atomic E-state index is 13.3. The molecule has 0 fully saturated rings. The number of benzene rings is 1. The minimum atomic E-state index is -2.95. The number of anilines is 1. The van der Waals surface area contributed by atoms with Crippen LogP contribution >= 0.6 is 10.2 Å². The predicted molar refractivity (Wildman–Crippen MR) is 139 cm³/mol. The molecule has 0 saturated heterocycles. The van der Waals surface area contributed by atoms with Crippen molar-refractivity contribution in [1.29, 1.82) is 0 Å². The maximum absolute atomic E-state index is 13.3. The molecule has 1 atom stereocenters. The van der Waals surface area contributed by atoms with E-state index in [2.05, 4.69) is 35.4 Å². The smallest absolute Gasteiger partial charge is 0.387 e. The summed E-state index contributed by atoms with van der Waals surface area (Å²) < 4.78 is 32.2. The first-order valence-electron chi connectivity index (χ1n) is 11.4. The number of hydrogen-bond donors (Lipinski definition) is 4. The van der Waals surface area contributed by atoms with Crippen molar-refractivity contribution >= 4 is 33.6 Å². The van der Waals surface area contributed by atoms with Gasteiger partial charge in [-0.25, -0.2) is 4.98 Å². The highest BCUT2D eigenvalue weighted by Crippen LogP contribution is 2.56. The molecule has 0 radical (unpaired) electrons. The number of amides is 3. The van der Waals surface area contributed by atoms with Crippen LogP contribution in [0.3, 0.4) is 0 Å². The van der Waals surface area contributed by atoms with E-state index in [9.17, 15) is 23.2 Å². The van der Waals surface area contributed by atoms with Crippen LogP contribution < -0.4 is 25.4 Å². The normalized spacial score (nSPS) is 13.2. The second-order valence-corrected chi connectivity index (χ2v) is 10.9. The Balaban J connectivity index is 1.83. The van der Waals surface area contributed by atoms with Crippen LogP contribution in [0.15, 0.2) is 77.0 Å². The molecule has 10 nitrogen and oxygen atoms in total. The van der Waals surface area contributed by atoms with Crippen LogP contribution in [0.2, 0.25) is 0 Å². The first kappa shape index (κ1) is 28.5. The molecule has 2 heterocycles. The zero-order valence-corrected chi connectivity index (χ0v) is 21.6. The van der Waals surface area contributed by atoms with E-state index < -0.39 is 22.7 Å². The molecule has 1 aromatic carbocycles. The molecule has 13 heteroatoms. The molecule has 0 aliphatic heterocycles. The fraction of sp³-hybridized carbons (Fsp3) is 0.240. The number of aromatic nitrogens is 2. The van der Waals surface area contributed by atoms with E-state index in [0.29, 0.717) is 23.8 Å². The number of alkyl halides is 2. The molecule has 1 unspecified atom stereocenters. The number of hydrogen-bond acceptors (Lipinski definition) is 7. The number of nitrogens with zero attached hydrogens (tertiary/aromatic N) is 2. The van der Waals surface area contributed by atoms with Gasteiger partial charge in [0.2, 0.25) is 11.8 Å². The average Bonchev–Trinajstić information content (AvgIpc) is 2.89. The number of nitrogens with one attached hydrogen (secondary N) is 4. The first-order chi connectivity index (χ1) is 18.2. The van der Waals surface area contributed by atoms with Crippen LogP contribution in [0.4, 0.5) is 14.5 Å². The Bertz CT molecular complexity index is 1250. The second-order valence-electron chi connectivity index (χ2n) is 8.00. The third-order valence-electron chi connectivity index (χ3n) is 5.14. The maximum Gasteiger partial charge on any atom is 0.387 e. The van der Waals surface area contributed by atoms with E-state index in [1.807, 2.05) is 6.26 Å².